The number of amides is 2. The van der Waals surface area contributed by atoms with E-state index in [-0.39, 0.29) is 18.2 Å². The molecule has 2 rings (SSSR count). The van der Waals surface area contributed by atoms with E-state index in [1.165, 1.54) is 0 Å². The standard InChI is InChI=1S/C16H27N3O2S/c1-11(2)6-8-21-14-5-7-19(9-14)16(20)17-12(3)15-10-22-13(4)18-15/h10-12,14H,5-9H2,1-4H3,(H,17,20)/t12-,14-/m1/s1. The Morgan fingerprint density at radius 3 is 2.95 bits per heavy atom. The molecule has 124 valence electrons. The number of carbonyl (C=O) groups excluding carboxylic acids is 1. The number of nitrogens with one attached hydrogen (secondary N) is 1. The first-order valence-corrected chi connectivity index (χ1v) is 8.92. The van der Waals surface area contributed by atoms with E-state index in [0.717, 1.165) is 36.7 Å². The SMILES string of the molecule is Cc1nc([C@@H](C)NC(=O)N2CC[C@@H](OCCC(C)C)C2)cs1. The molecule has 1 saturated heterocycles. The zero-order chi connectivity index (χ0) is 16.1. The van der Waals surface area contributed by atoms with Gasteiger partial charge in [0.1, 0.15) is 0 Å². The first kappa shape index (κ1) is 17.2. The van der Waals surface area contributed by atoms with Crippen molar-refractivity contribution in [1.29, 1.82) is 0 Å². The van der Waals surface area contributed by atoms with Gasteiger partial charge in [-0.15, -0.1) is 11.3 Å². The molecule has 0 bridgehead atoms. The lowest BCUT2D eigenvalue weighted by Crippen LogP contribution is -2.40. The van der Waals surface area contributed by atoms with Crippen LogP contribution >= 0.6 is 11.3 Å². The molecule has 0 radical (unpaired) electrons. The number of rotatable bonds is 6. The molecule has 0 aromatic carbocycles. The molecule has 1 N–H and O–H groups in total. The molecule has 22 heavy (non-hydrogen) atoms. The average molecular weight is 325 g/mol. The van der Waals surface area contributed by atoms with Crippen molar-refractivity contribution >= 4 is 17.4 Å². The van der Waals surface area contributed by atoms with Gasteiger partial charge in [-0.3, -0.25) is 0 Å². The summed E-state index contributed by atoms with van der Waals surface area (Å²) in [6.07, 6.45) is 2.18. The number of carbonyl (C=O) groups is 1. The number of aryl methyl sites for hydroxylation is 1. The van der Waals surface area contributed by atoms with Gasteiger partial charge in [0.15, 0.2) is 0 Å². The third-order valence-corrected chi connectivity index (χ3v) is 4.69. The van der Waals surface area contributed by atoms with Crippen LogP contribution in [0.1, 0.15) is 50.4 Å². The fourth-order valence-corrected chi connectivity index (χ4v) is 3.15. The monoisotopic (exact) mass is 325 g/mol. The maximum Gasteiger partial charge on any atom is 0.318 e. The highest BCUT2D eigenvalue weighted by molar-refractivity contribution is 7.09. The number of hydrogen-bond acceptors (Lipinski definition) is 4. The molecule has 0 spiro atoms. The zero-order valence-corrected chi connectivity index (χ0v) is 14.8. The van der Waals surface area contributed by atoms with E-state index in [2.05, 4.69) is 24.1 Å². The fourth-order valence-electron chi connectivity index (χ4n) is 2.45. The van der Waals surface area contributed by atoms with Gasteiger partial charge in [-0.2, -0.15) is 0 Å². The normalized spacial score (nSPS) is 19.7. The van der Waals surface area contributed by atoms with Crippen LogP contribution in [0.25, 0.3) is 0 Å². The van der Waals surface area contributed by atoms with E-state index in [1.54, 1.807) is 11.3 Å². The number of nitrogens with zero attached hydrogens (tertiary/aromatic N) is 2. The highest BCUT2D eigenvalue weighted by Gasteiger charge is 2.27. The summed E-state index contributed by atoms with van der Waals surface area (Å²) in [5.41, 5.74) is 0.930. The Labute approximate surface area is 137 Å². The molecule has 5 nitrogen and oxygen atoms in total. The summed E-state index contributed by atoms with van der Waals surface area (Å²) in [6, 6.07) is -0.0773. The second kappa shape index (κ2) is 7.92. The van der Waals surface area contributed by atoms with Gasteiger partial charge in [-0.25, -0.2) is 9.78 Å². The molecule has 6 heteroatoms. The molecule has 0 aliphatic carbocycles. The third kappa shape index (κ3) is 4.95. The molecular weight excluding hydrogens is 298 g/mol. The van der Waals surface area contributed by atoms with Gasteiger partial charge in [0.05, 0.1) is 22.8 Å². The van der Waals surface area contributed by atoms with Crippen LogP contribution in [0.15, 0.2) is 5.38 Å². The largest absolute Gasteiger partial charge is 0.376 e. The van der Waals surface area contributed by atoms with Crippen molar-refractivity contribution in [2.24, 2.45) is 5.92 Å². The second-order valence-electron chi connectivity index (χ2n) is 6.37. The highest BCUT2D eigenvalue weighted by atomic mass is 32.1. The summed E-state index contributed by atoms with van der Waals surface area (Å²) < 4.78 is 5.85. The van der Waals surface area contributed by atoms with Crippen molar-refractivity contribution in [3.63, 3.8) is 0 Å². The van der Waals surface area contributed by atoms with E-state index in [9.17, 15) is 4.79 Å². The quantitative estimate of drug-likeness (QED) is 0.872. The molecule has 0 unspecified atom stereocenters. The molecule has 2 atom stereocenters. The van der Waals surface area contributed by atoms with E-state index in [0.29, 0.717) is 12.5 Å². The predicted molar refractivity (Wildman–Crippen MR) is 89.2 cm³/mol. The predicted octanol–water partition coefficient (Wildman–Crippen LogP) is 3.36. The molecule has 1 aromatic rings. The number of ether oxygens (including phenoxy) is 1. The lowest BCUT2D eigenvalue weighted by molar-refractivity contribution is 0.0542. The van der Waals surface area contributed by atoms with Crippen LogP contribution < -0.4 is 5.32 Å². The summed E-state index contributed by atoms with van der Waals surface area (Å²) >= 11 is 1.61. The van der Waals surface area contributed by atoms with E-state index in [4.69, 9.17) is 4.74 Å². The summed E-state index contributed by atoms with van der Waals surface area (Å²) in [7, 11) is 0. The van der Waals surface area contributed by atoms with Gasteiger partial charge in [0.2, 0.25) is 0 Å². The molecule has 2 heterocycles. The number of likely N-dealkylation sites (tertiary alicyclic amines) is 1. The number of thiazole rings is 1. The maximum absolute atomic E-state index is 12.3. The van der Waals surface area contributed by atoms with Crippen molar-refractivity contribution in [3.8, 4) is 0 Å². The van der Waals surface area contributed by atoms with Gasteiger partial charge in [0.25, 0.3) is 0 Å². The molecule has 1 fully saturated rings. The van der Waals surface area contributed by atoms with Crippen LogP contribution in [0.4, 0.5) is 4.79 Å². The first-order chi connectivity index (χ1) is 10.5. The zero-order valence-electron chi connectivity index (χ0n) is 14.0. The second-order valence-corrected chi connectivity index (χ2v) is 7.43. The Bertz CT molecular complexity index is 489. The Kier molecular flexibility index (Phi) is 6.20. The molecular formula is C16H27N3O2S. The van der Waals surface area contributed by atoms with Crippen LogP contribution in [0.5, 0.6) is 0 Å². The molecule has 0 saturated carbocycles. The van der Waals surface area contributed by atoms with Gasteiger partial charge in [-0.05, 0) is 32.6 Å². The Morgan fingerprint density at radius 1 is 1.55 bits per heavy atom. The van der Waals surface area contributed by atoms with Crippen LogP contribution in [0.2, 0.25) is 0 Å². The molecule has 2 amide bonds. The minimum atomic E-state index is -0.0571. The molecule has 1 aliphatic heterocycles. The molecule has 1 aromatic heterocycles. The van der Waals surface area contributed by atoms with Gasteiger partial charge >= 0.3 is 6.03 Å². The van der Waals surface area contributed by atoms with Crippen LogP contribution in [-0.2, 0) is 4.74 Å². The number of urea groups is 1. The Morgan fingerprint density at radius 2 is 2.32 bits per heavy atom. The van der Waals surface area contributed by atoms with Gasteiger partial charge < -0.3 is 15.0 Å². The first-order valence-electron chi connectivity index (χ1n) is 8.04. The Balaban J connectivity index is 1.74. The summed E-state index contributed by atoms with van der Waals surface area (Å²) in [5, 5.41) is 6.05. The topological polar surface area (TPSA) is 54.5 Å². The summed E-state index contributed by atoms with van der Waals surface area (Å²) in [6.45, 7) is 10.6. The van der Waals surface area contributed by atoms with E-state index in [1.807, 2.05) is 24.1 Å². The van der Waals surface area contributed by atoms with Crippen molar-refractivity contribution in [2.45, 2.75) is 52.7 Å². The maximum atomic E-state index is 12.3. The van der Waals surface area contributed by atoms with Crippen molar-refractivity contribution in [1.82, 2.24) is 15.2 Å². The smallest absolute Gasteiger partial charge is 0.318 e. The minimum absolute atomic E-state index is 0.0203. The van der Waals surface area contributed by atoms with Gasteiger partial charge in [-0.1, -0.05) is 13.8 Å². The van der Waals surface area contributed by atoms with E-state index < -0.39 is 0 Å². The van der Waals surface area contributed by atoms with Crippen LogP contribution in [0, 0.1) is 12.8 Å². The summed E-state index contributed by atoms with van der Waals surface area (Å²) in [5.74, 6) is 0.656. The fraction of sp³-hybridized carbons (Fsp3) is 0.750. The van der Waals surface area contributed by atoms with Crippen molar-refractivity contribution in [2.75, 3.05) is 19.7 Å². The number of aromatic nitrogens is 1. The highest BCUT2D eigenvalue weighted by Crippen LogP contribution is 2.18. The van der Waals surface area contributed by atoms with Crippen LogP contribution in [0.3, 0.4) is 0 Å². The molecule has 1 aliphatic rings. The third-order valence-electron chi connectivity index (χ3n) is 3.90. The summed E-state index contributed by atoms with van der Waals surface area (Å²) in [4.78, 5) is 18.6. The lowest BCUT2D eigenvalue weighted by Gasteiger charge is -2.20. The number of hydrogen-bond donors (Lipinski definition) is 1. The average Bonchev–Trinajstić information content (AvgIpc) is 3.07. The minimum Gasteiger partial charge on any atom is -0.376 e. The van der Waals surface area contributed by atoms with Gasteiger partial charge in [0, 0.05) is 25.1 Å². The lowest BCUT2D eigenvalue weighted by atomic mass is 10.1. The van der Waals surface area contributed by atoms with E-state index >= 15 is 0 Å². The van der Waals surface area contributed by atoms with Crippen LogP contribution in [-0.4, -0.2) is 41.7 Å². The van der Waals surface area contributed by atoms with Crippen molar-refractivity contribution < 1.29 is 9.53 Å². The van der Waals surface area contributed by atoms with Crippen molar-refractivity contribution in [3.05, 3.63) is 16.1 Å². The Hall–Kier alpha value is -1.14.